The first-order chi connectivity index (χ1) is 15.4. The van der Waals surface area contributed by atoms with E-state index in [4.69, 9.17) is 11.6 Å². The smallest absolute Gasteiger partial charge is 0.282 e. The molecule has 0 aliphatic rings. The molecule has 2 heterocycles. The summed E-state index contributed by atoms with van der Waals surface area (Å²) in [6.07, 6.45) is 3.66. The van der Waals surface area contributed by atoms with Gasteiger partial charge < -0.3 is 10.6 Å². The first kappa shape index (κ1) is 23.7. The van der Waals surface area contributed by atoms with Gasteiger partial charge in [-0.15, -0.1) is 0 Å². The van der Waals surface area contributed by atoms with E-state index in [1.54, 1.807) is 22.6 Å². The van der Waals surface area contributed by atoms with Crippen molar-refractivity contribution in [3.63, 3.8) is 0 Å². The summed E-state index contributed by atoms with van der Waals surface area (Å²) >= 11 is 7.49. The van der Waals surface area contributed by atoms with Gasteiger partial charge in [0.1, 0.15) is 11.4 Å². The topological polar surface area (TPSA) is 128 Å². The number of carbonyl (C=O) groups excluding carboxylic acids is 1. The summed E-state index contributed by atoms with van der Waals surface area (Å²) in [5.74, 6) is 1.07. The lowest BCUT2D eigenvalue weighted by molar-refractivity contribution is -0.385. The van der Waals surface area contributed by atoms with Crippen LogP contribution < -0.4 is 10.6 Å². The predicted octanol–water partition coefficient (Wildman–Crippen LogP) is 4.14. The molecule has 3 aromatic rings. The fraction of sp³-hybridized carbons (Fsp3) is 0.400. The summed E-state index contributed by atoms with van der Waals surface area (Å²) in [6, 6.07) is 3.88. The number of hydrogen-bond donors (Lipinski definition) is 2. The summed E-state index contributed by atoms with van der Waals surface area (Å²) in [5, 5.41) is 23.3. The number of aromatic nitrogens is 4. The Labute approximate surface area is 194 Å². The van der Waals surface area contributed by atoms with Crippen LogP contribution in [0.4, 0.5) is 11.5 Å². The van der Waals surface area contributed by atoms with E-state index >= 15 is 0 Å². The number of nitrogens with zero attached hydrogens (tertiary/aromatic N) is 5. The van der Waals surface area contributed by atoms with Crippen molar-refractivity contribution in [3.05, 3.63) is 45.1 Å². The van der Waals surface area contributed by atoms with Gasteiger partial charge in [0.05, 0.1) is 23.1 Å². The average molecular weight is 478 g/mol. The SMILES string of the molecule is CCCNc1nc(SCCC)nc2c1cnn2CCNC(=O)c1cc(Cl)ccc1[N+](=O)[O-]. The average Bonchev–Trinajstić information content (AvgIpc) is 3.18. The van der Waals surface area contributed by atoms with Crippen LogP contribution in [-0.2, 0) is 6.54 Å². The van der Waals surface area contributed by atoms with E-state index in [0.29, 0.717) is 17.3 Å². The lowest BCUT2D eigenvalue weighted by atomic mass is 10.1. The highest BCUT2D eigenvalue weighted by Crippen LogP contribution is 2.25. The fourth-order valence-corrected chi connectivity index (χ4v) is 3.82. The molecule has 1 amide bonds. The van der Waals surface area contributed by atoms with Crippen molar-refractivity contribution in [1.29, 1.82) is 0 Å². The van der Waals surface area contributed by atoms with Gasteiger partial charge in [-0.1, -0.05) is 37.2 Å². The van der Waals surface area contributed by atoms with Gasteiger partial charge in [-0.25, -0.2) is 14.6 Å². The predicted molar refractivity (Wildman–Crippen MR) is 126 cm³/mol. The molecule has 1 aromatic carbocycles. The minimum atomic E-state index is -0.608. The molecular weight excluding hydrogens is 454 g/mol. The van der Waals surface area contributed by atoms with Crippen LogP contribution in [0.1, 0.15) is 37.0 Å². The number of rotatable bonds is 11. The number of carbonyl (C=O) groups is 1. The molecule has 0 bridgehead atoms. The minimum Gasteiger partial charge on any atom is -0.369 e. The summed E-state index contributed by atoms with van der Waals surface area (Å²) in [6.45, 7) is 5.50. The van der Waals surface area contributed by atoms with Crippen LogP contribution in [0.2, 0.25) is 5.02 Å². The molecule has 12 heteroatoms. The second-order valence-corrected chi connectivity index (χ2v) is 8.41. The van der Waals surface area contributed by atoms with Crippen molar-refractivity contribution in [1.82, 2.24) is 25.1 Å². The highest BCUT2D eigenvalue weighted by Gasteiger charge is 2.20. The molecule has 0 radical (unpaired) electrons. The molecule has 0 unspecified atom stereocenters. The number of nitro groups is 1. The quantitative estimate of drug-likeness (QED) is 0.182. The lowest BCUT2D eigenvalue weighted by Gasteiger charge is -2.09. The monoisotopic (exact) mass is 477 g/mol. The van der Waals surface area contributed by atoms with E-state index in [2.05, 4.69) is 39.5 Å². The third kappa shape index (κ3) is 5.65. The van der Waals surface area contributed by atoms with Crippen LogP contribution in [0, 0.1) is 10.1 Å². The van der Waals surface area contributed by atoms with Gasteiger partial charge in [0.15, 0.2) is 10.8 Å². The Kier molecular flexibility index (Phi) is 8.23. The molecule has 0 aliphatic carbocycles. The number of anilines is 1. The zero-order valence-corrected chi connectivity index (χ0v) is 19.4. The zero-order chi connectivity index (χ0) is 23.1. The number of nitrogens with one attached hydrogen (secondary N) is 2. The molecule has 0 fully saturated rings. The van der Waals surface area contributed by atoms with Crippen LogP contribution in [0.15, 0.2) is 29.6 Å². The number of thioether (sulfide) groups is 1. The zero-order valence-electron chi connectivity index (χ0n) is 17.8. The number of benzene rings is 1. The molecule has 2 N–H and O–H groups in total. The number of halogens is 1. The van der Waals surface area contributed by atoms with Gasteiger partial charge >= 0.3 is 0 Å². The van der Waals surface area contributed by atoms with Crippen molar-refractivity contribution in [2.45, 2.75) is 38.4 Å². The van der Waals surface area contributed by atoms with Crippen LogP contribution in [-0.4, -0.2) is 49.4 Å². The molecule has 0 spiro atoms. The summed E-state index contributed by atoms with van der Waals surface area (Å²) in [4.78, 5) is 32.4. The van der Waals surface area contributed by atoms with E-state index in [-0.39, 0.29) is 22.8 Å². The molecular formula is C20H24ClN7O3S. The van der Waals surface area contributed by atoms with Crippen molar-refractivity contribution in [3.8, 4) is 0 Å². The van der Waals surface area contributed by atoms with E-state index in [9.17, 15) is 14.9 Å². The number of amides is 1. The van der Waals surface area contributed by atoms with E-state index in [1.807, 2.05) is 0 Å². The van der Waals surface area contributed by atoms with Crippen LogP contribution in [0.5, 0.6) is 0 Å². The lowest BCUT2D eigenvalue weighted by Crippen LogP contribution is -2.28. The Morgan fingerprint density at radius 2 is 2.06 bits per heavy atom. The molecule has 0 atom stereocenters. The maximum atomic E-state index is 12.5. The largest absolute Gasteiger partial charge is 0.369 e. The Morgan fingerprint density at radius 3 is 2.78 bits per heavy atom. The Bertz CT molecular complexity index is 1120. The van der Waals surface area contributed by atoms with Gasteiger partial charge in [0, 0.05) is 29.9 Å². The summed E-state index contributed by atoms with van der Waals surface area (Å²) in [7, 11) is 0. The first-order valence-electron chi connectivity index (χ1n) is 10.3. The first-order valence-corrected chi connectivity index (χ1v) is 11.6. The Morgan fingerprint density at radius 1 is 1.25 bits per heavy atom. The summed E-state index contributed by atoms with van der Waals surface area (Å²) in [5.41, 5.74) is 0.285. The molecule has 0 aliphatic heterocycles. The second kappa shape index (κ2) is 11.1. The third-order valence-electron chi connectivity index (χ3n) is 4.46. The molecule has 170 valence electrons. The van der Waals surface area contributed by atoms with E-state index < -0.39 is 10.8 Å². The molecule has 10 nitrogen and oxygen atoms in total. The fourth-order valence-electron chi connectivity index (χ4n) is 2.95. The van der Waals surface area contributed by atoms with Crippen LogP contribution in [0.25, 0.3) is 11.0 Å². The maximum Gasteiger partial charge on any atom is 0.282 e. The van der Waals surface area contributed by atoms with Crippen LogP contribution in [0.3, 0.4) is 0 Å². The van der Waals surface area contributed by atoms with Gasteiger partial charge in [-0.3, -0.25) is 14.9 Å². The standard InChI is InChI=1S/C20H24ClN7O3S/c1-3-7-22-17-15-12-24-27(18(15)26-20(25-17)32-10-4-2)9-8-23-19(29)14-11-13(21)5-6-16(14)28(30)31/h5-6,11-12H,3-4,7-10H2,1-2H3,(H,23,29)(H,22,25,26). The molecule has 3 rings (SSSR count). The molecule has 0 saturated carbocycles. The van der Waals surface area contributed by atoms with Gasteiger partial charge in [0.2, 0.25) is 0 Å². The second-order valence-electron chi connectivity index (χ2n) is 6.91. The maximum absolute atomic E-state index is 12.5. The third-order valence-corrected chi connectivity index (χ3v) is 5.75. The number of fused-ring (bicyclic) bond motifs is 1. The molecule has 0 saturated heterocycles. The van der Waals surface area contributed by atoms with Gasteiger partial charge in [0.25, 0.3) is 11.6 Å². The highest BCUT2D eigenvalue weighted by atomic mass is 35.5. The molecule has 32 heavy (non-hydrogen) atoms. The van der Waals surface area contributed by atoms with Crippen molar-refractivity contribution in [2.75, 3.05) is 24.2 Å². The van der Waals surface area contributed by atoms with Crippen LogP contribution >= 0.6 is 23.4 Å². The number of nitro benzene ring substituents is 1. The van der Waals surface area contributed by atoms with Crippen molar-refractivity contribution < 1.29 is 9.72 Å². The number of hydrogen-bond acceptors (Lipinski definition) is 8. The van der Waals surface area contributed by atoms with Gasteiger partial charge in [-0.05, 0) is 25.0 Å². The molecule has 2 aromatic heterocycles. The normalized spacial score (nSPS) is 11.0. The highest BCUT2D eigenvalue weighted by molar-refractivity contribution is 7.99. The van der Waals surface area contributed by atoms with Crippen molar-refractivity contribution >= 4 is 51.8 Å². The summed E-state index contributed by atoms with van der Waals surface area (Å²) < 4.78 is 1.69. The van der Waals surface area contributed by atoms with E-state index in [0.717, 1.165) is 36.3 Å². The Balaban J connectivity index is 1.77. The Hall–Kier alpha value is -2.92. The van der Waals surface area contributed by atoms with Crippen molar-refractivity contribution in [2.24, 2.45) is 0 Å². The minimum absolute atomic E-state index is 0.0838. The van der Waals surface area contributed by atoms with Gasteiger partial charge in [-0.2, -0.15) is 5.10 Å². The van der Waals surface area contributed by atoms with E-state index in [1.165, 1.54) is 18.2 Å².